The molecule has 9 heteroatoms. The number of hydrogen-bond donors (Lipinski definition) is 2. The quantitative estimate of drug-likeness (QED) is 0.397. The van der Waals surface area contributed by atoms with Crippen LogP contribution in [0, 0.1) is 5.82 Å². The molecule has 1 amide bonds. The maximum Gasteiger partial charge on any atom is 0.275 e. The molecule has 0 aliphatic heterocycles. The number of nitrogens with one attached hydrogen (secondary N) is 1. The molecule has 0 aliphatic carbocycles. The Kier molecular flexibility index (Phi) is 5.58. The first-order valence-corrected chi connectivity index (χ1v) is 7.98. The lowest BCUT2D eigenvalue weighted by atomic mass is 10.2. The lowest BCUT2D eigenvalue weighted by Crippen LogP contribution is -2.17. The summed E-state index contributed by atoms with van der Waals surface area (Å²) in [5.41, 5.74) is 3.08. The van der Waals surface area contributed by atoms with E-state index in [1.54, 1.807) is 36.4 Å². The van der Waals surface area contributed by atoms with Crippen LogP contribution in [0.3, 0.4) is 0 Å². The van der Waals surface area contributed by atoms with Crippen LogP contribution in [0.25, 0.3) is 0 Å². The zero-order chi connectivity index (χ0) is 19.2. The molecule has 0 radical (unpaired) electrons. The van der Waals surface area contributed by atoms with Crippen molar-refractivity contribution < 1.29 is 19.0 Å². The maximum absolute atomic E-state index is 13.6. The van der Waals surface area contributed by atoms with Crippen LogP contribution < -0.4 is 10.2 Å². The minimum atomic E-state index is -0.739. The third-order valence-electron chi connectivity index (χ3n) is 3.31. The second-order valence-electron chi connectivity index (χ2n) is 5.18. The van der Waals surface area contributed by atoms with Crippen LogP contribution in [0.1, 0.15) is 15.9 Å². The van der Waals surface area contributed by atoms with Crippen LogP contribution in [0.15, 0.2) is 59.8 Å². The number of amides is 1. The molecule has 0 fully saturated rings. The van der Waals surface area contributed by atoms with Gasteiger partial charge in [0, 0.05) is 0 Å². The van der Waals surface area contributed by atoms with Crippen LogP contribution in [0.4, 0.5) is 4.39 Å². The Balaban J connectivity index is 1.62. The van der Waals surface area contributed by atoms with Gasteiger partial charge in [-0.05, 0) is 53.6 Å². The topological polar surface area (TPSA) is 96.7 Å². The van der Waals surface area contributed by atoms with Gasteiger partial charge < -0.3 is 9.84 Å². The molecule has 27 heavy (non-hydrogen) atoms. The molecule has 0 aliphatic rings. The van der Waals surface area contributed by atoms with E-state index in [9.17, 15) is 14.3 Å². The minimum absolute atomic E-state index is 0.115. The number of halogens is 2. The maximum atomic E-state index is 13.6. The third-order valence-corrected chi connectivity index (χ3v) is 3.49. The monoisotopic (exact) mass is 386 g/mol. The van der Waals surface area contributed by atoms with Gasteiger partial charge in [0.25, 0.3) is 11.8 Å². The van der Waals surface area contributed by atoms with Gasteiger partial charge in [0.05, 0.1) is 18.0 Å². The Morgan fingerprint density at radius 3 is 2.70 bits per heavy atom. The fourth-order valence-electron chi connectivity index (χ4n) is 2.03. The predicted molar refractivity (Wildman–Crippen MR) is 96.7 cm³/mol. The summed E-state index contributed by atoms with van der Waals surface area (Å²) in [6.07, 6.45) is 2.32. The Hall–Kier alpha value is -3.52. The Morgan fingerprint density at radius 2 is 1.96 bits per heavy atom. The van der Waals surface area contributed by atoms with E-state index < -0.39 is 11.7 Å². The molecule has 3 rings (SSSR count). The molecule has 0 spiro atoms. The second-order valence-corrected chi connectivity index (χ2v) is 5.52. The van der Waals surface area contributed by atoms with Gasteiger partial charge in [-0.1, -0.05) is 12.1 Å². The van der Waals surface area contributed by atoms with E-state index >= 15 is 0 Å². The summed E-state index contributed by atoms with van der Waals surface area (Å²) in [6, 6.07) is 12.6. The van der Waals surface area contributed by atoms with Crippen molar-refractivity contribution in [3.8, 4) is 17.4 Å². The van der Waals surface area contributed by atoms with Crippen molar-refractivity contribution in [2.45, 2.75) is 0 Å². The smallest absolute Gasteiger partial charge is 0.275 e. The number of phenols is 1. The number of carbonyl (C=O) groups is 1. The highest BCUT2D eigenvalue weighted by Crippen LogP contribution is 2.23. The largest absolute Gasteiger partial charge is 0.507 e. The molecule has 0 atom stereocenters. The average Bonchev–Trinajstić information content (AvgIpc) is 2.66. The first kappa shape index (κ1) is 18.3. The normalized spacial score (nSPS) is 10.7. The van der Waals surface area contributed by atoms with Crippen LogP contribution in [0.2, 0.25) is 5.28 Å². The Labute approximate surface area is 158 Å². The number of nitrogens with zero attached hydrogens (tertiary/aromatic N) is 3. The molecular formula is C18H12ClFN4O3. The molecule has 136 valence electrons. The van der Waals surface area contributed by atoms with Gasteiger partial charge in [0.1, 0.15) is 11.5 Å². The number of hydrazone groups is 1. The highest BCUT2D eigenvalue weighted by molar-refractivity contribution is 6.28. The predicted octanol–water partition coefficient (Wildman–Crippen LogP) is 3.53. The Morgan fingerprint density at radius 1 is 1.22 bits per heavy atom. The van der Waals surface area contributed by atoms with Crippen LogP contribution in [-0.4, -0.2) is 27.2 Å². The fraction of sp³-hybridized carbons (Fsp3) is 0. The molecule has 1 heterocycles. The molecule has 0 saturated heterocycles. The summed E-state index contributed by atoms with van der Waals surface area (Å²) in [7, 11) is 0. The molecule has 1 aromatic heterocycles. The summed E-state index contributed by atoms with van der Waals surface area (Å²) >= 11 is 5.61. The van der Waals surface area contributed by atoms with Gasteiger partial charge in [-0.15, -0.1) is 0 Å². The lowest BCUT2D eigenvalue weighted by Gasteiger charge is -2.05. The zero-order valence-corrected chi connectivity index (χ0v) is 14.4. The van der Waals surface area contributed by atoms with E-state index in [0.717, 1.165) is 6.20 Å². The summed E-state index contributed by atoms with van der Waals surface area (Å²) < 4.78 is 18.9. The number of phenolic OH excluding ortho intramolecular Hbond substituents is 1. The fourth-order valence-corrected chi connectivity index (χ4v) is 2.15. The van der Waals surface area contributed by atoms with E-state index in [4.69, 9.17) is 16.3 Å². The van der Waals surface area contributed by atoms with Crippen molar-refractivity contribution in [2.24, 2.45) is 5.10 Å². The number of ether oxygens (including phenoxy) is 1. The highest BCUT2D eigenvalue weighted by atomic mass is 35.5. The second kappa shape index (κ2) is 8.24. The van der Waals surface area contributed by atoms with Gasteiger partial charge in [-0.25, -0.2) is 10.4 Å². The zero-order valence-electron chi connectivity index (χ0n) is 13.6. The van der Waals surface area contributed by atoms with E-state index in [0.29, 0.717) is 11.3 Å². The van der Waals surface area contributed by atoms with E-state index in [1.807, 2.05) is 0 Å². The minimum Gasteiger partial charge on any atom is -0.507 e. The summed E-state index contributed by atoms with van der Waals surface area (Å²) in [4.78, 5) is 19.1. The van der Waals surface area contributed by atoms with Gasteiger partial charge in [-0.2, -0.15) is 14.5 Å². The number of rotatable bonds is 5. The SMILES string of the molecule is O=C(NN=Cc1ccc(Oc2nc(Cl)ncc2F)cc1)c1ccccc1O. The molecule has 0 bridgehead atoms. The Bertz CT molecular complexity index is 996. The summed E-state index contributed by atoms with van der Waals surface area (Å²) in [5, 5.41) is 13.3. The van der Waals surface area contributed by atoms with Crippen molar-refractivity contribution in [1.82, 2.24) is 15.4 Å². The molecule has 2 N–H and O–H groups in total. The number of hydrogen-bond acceptors (Lipinski definition) is 6. The molecule has 2 aromatic carbocycles. The van der Waals surface area contributed by atoms with E-state index in [2.05, 4.69) is 20.5 Å². The highest BCUT2D eigenvalue weighted by Gasteiger charge is 2.09. The summed E-state index contributed by atoms with van der Waals surface area (Å²) in [5.74, 6) is -1.37. The average molecular weight is 387 g/mol. The lowest BCUT2D eigenvalue weighted by molar-refractivity contribution is 0.0952. The number of aromatic nitrogens is 2. The first-order valence-electron chi connectivity index (χ1n) is 7.60. The van der Waals surface area contributed by atoms with Crippen molar-refractivity contribution in [3.05, 3.63) is 77.0 Å². The van der Waals surface area contributed by atoms with Crippen molar-refractivity contribution in [3.63, 3.8) is 0 Å². The third kappa shape index (κ3) is 4.77. The van der Waals surface area contributed by atoms with Crippen LogP contribution in [-0.2, 0) is 0 Å². The molecule has 0 saturated carbocycles. The van der Waals surface area contributed by atoms with Gasteiger partial charge in [0.2, 0.25) is 11.1 Å². The van der Waals surface area contributed by atoms with E-state index in [1.165, 1.54) is 18.3 Å². The van der Waals surface area contributed by atoms with E-state index in [-0.39, 0.29) is 22.5 Å². The molecular weight excluding hydrogens is 375 g/mol. The molecule has 0 unspecified atom stereocenters. The van der Waals surface area contributed by atoms with Crippen LogP contribution >= 0.6 is 11.6 Å². The van der Waals surface area contributed by atoms with Crippen LogP contribution in [0.5, 0.6) is 17.4 Å². The number of para-hydroxylation sites is 1. The molecule has 7 nitrogen and oxygen atoms in total. The van der Waals surface area contributed by atoms with Gasteiger partial charge >= 0.3 is 0 Å². The number of aromatic hydroxyl groups is 1. The standard InChI is InChI=1S/C18H12ClFN4O3/c19-18-21-10-14(20)17(23-18)27-12-7-5-11(6-8-12)9-22-24-16(26)13-3-1-2-4-15(13)25/h1-10,25H,(H,24,26). The van der Waals surface area contributed by atoms with Crippen molar-refractivity contribution in [1.29, 1.82) is 0 Å². The van der Waals surface area contributed by atoms with Gasteiger partial charge in [0.15, 0.2) is 0 Å². The van der Waals surface area contributed by atoms with Crippen molar-refractivity contribution in [2.75, 3.05) is 0 Å². The summed E-state index contributed by atoms with van der Waals surface area (Å²) in [6.45, 7) is 0. The van der Waals surface area contributed by atoms with Crippen molar-refractivity contribution >= 4 is 23.7 Å². The number of carbonyl (C=O) groups excluding carboxylic acids is 1. The van der Waals surface area contributed by atoms with Gasteiger partial charge in [-0.3, -0.25) is 4.79 Å². The number of benzene rings is 2. The molecule has 3 aromatic rings. The first-order chi connectivity index (χ1) is 13.0.